The van der Waals surface area contributed by atoms with E-state index >= 15 is 0 Å². The van der Waals surface area contributed by atoms with Crippen LogP contribution in [0.1, 0.15) is 41.5 Å². The fourth-order valence-corrected chi connectivity index (χ4v) is 4.96. The van der Waals surface area contributed by atoms with Gasteiger partial charge in [-0.2, -0.15) is 9.78 Å². The number of benzene rings is 3. The highest BCUT2D eigenvalue weighted by molar-refractivity contribution is 6.13. The summed E-state index contributed by atoms with van der Waals surface area (Å²) in [6, 6.07) is 18.4. The highest BCUT2D eigenvalue weighted by Crippen LogP contribution is 2.27. The Balaban J connectivity index is 1.31. The van der Waals surface area contributed by atoms with Gasteiger partial charge in [-0.15, -0.1) is 5.10 Å². The Morgan fingerprint density at radius 1 is 1.11 bits per heavy atom. The zero-order valence-corrected chi connectivity index (χ0v) is 20.9. The van der Waals surface area contributed by atoms with Crippen molar-refractivity contribution in [3.05, 3.63) is 71.5 Å². The van der Waals surface area contributed by atoms with Crippen LogP contribution in [0.15, 0.2) is 64.3 Å². The van der Waals surface area contributed by atoms with Crippen molar-refractivity contribution in [2.24, 2.45) is 11.0 Å². The highest BCUT2D eigenvalue weighted by Gasteiger charge is 2.27. The number of hydrazone groups is 1. The first kappa shape index (κ1) is 23.7. The molecule has 11 nitrogen and oxygen atoms in total. The lowest BCUT2D eigenvalue weighted by molar-refractivity contribution is 0.0947. The first-order valence-electron chi connectivity index (χ1n) is 12.6. The zero-order valence-electron chi connectivity index (χ0n) is 20.9. The fourth-order valence-electron chi connectivity index (χ4n) is 4.96. The molecule has 0 radical (unpaired) electrons. The number of aromatic nitrogens is 5. The molecule has 0 spiro atoms. The van der Waals surface area contributed by atoms with Crippen molar-refractivity contribution in [2.45, 2.75) is 26.3 Å². The first-order valence-corrected chi connectivity index (χ1v) is 12.6. The van der Waals surface area contributed by atoms with Gasteiger partial charge in [-0.3, -0.25) is 9.69 Å². The van der Waals surface area contributed by atoms with Gasteiger partial charge in [0.05, 0.1) is 11.9 Å². The summed E-state index contributed by atoms with van der Waals surface area (Å²) in [5.74, 6) is 0.457. The fraction of sp³-hybridized carbons (Fsp3) is 0.259. The minimum absolute atomic E-state index is 0.0660. The molecule has 3 heterocycles. The first-order chi connectivity index (χ1) is 18.6. The van der Waals surface area contributed by atoms with Crippen LogP contribution in [0.4, 0.5) is 5.82 Å². The van der Waals surface area contributed by atoms with Crippen LogP contribution in [0.2, 0.25) is 0 Å². The molecule has 5 aromatic rings. The van der Waals surface area contributed by atoms with Crippen LogP contribution in [0, 0.1) is 5.92 Å². The van der Waals surface area contributed by atoms with Crippen molar-refractivity contribution in [3.63, 3.8) is 0 Å². The molecule has 1 amide bonds. The van der Waals surface area contributed by atoms with E-state index in [1.165, 1.54) is 4.68 Å². The van der Waals surface area contributed by atoms with E-state index in [4.69, 9.17) is 10.4 Å². The Morgan fingerprint density at radius 3 is 2.45 bits per heavy atom. The van der Waals surface area contributed by atoms with Crippen molar-refractivity contribution >= 4 is 39.5 Å². The van der Waals surface area contributed by atoms with Crippen molar-refractivity contribution in [1.82, 2.24) is 35.6 Å². The molecule has 0 atom stereocenters. The number of nitrogens with zero attached hydrogens (tertiary/aromatic N) is 7. The summed E-state index contributed by atoms with van der Waals surface area (Å²) in [7, 11) is 0. The monoisotopic (exact) mass is 509 g/mol. The van der Waals surface area contributed by atoms with E-state index in [0.717, 1.165) is 53.0 Å². The normalized spacial score (nSPS) is 15.1. The topological polar surface area (TPSA) is 140 Å². The van der Waals surface area contributed by atoms with E-state index in [0.29, 0.717) is 18.2 Å². The minimum atomic E-state index is -0.479. The van der Waals surface area contributed by atoms with Crippen LogP contribution in [0.3, 0.4) is 0 Å². The molecular weight excluding hydrogens is 482 g/mol. The highest BCUT2D eigenvalue weighted by atomic mass is 16.6. The van der Waals surface area contributed by atoms with Gasteiger partial charge in [0.25, 0.3) is 5.91 Å². The van der Waals surface area contributed by atoms with Crippen LogP contribution in [0.25, 0.3) is 27.4 Å². The molecule has 3 aromatic carbocycles. The zero-order chi connectivity index (χ0) is 26.1. The predicted molar refractivity (Wildman–Crippen MR) is 144 cm³/mol. The number of fused-ring (bicyclic) bond motifs is 2. The quantitative estimate of drug-likeness (QED) is 0.201. The number of likely N-dealkylation sites (tertiary alicyclic amines) is 1. The Bertz CT molecular complexity index is 1590. The molecule has 6 rings (SSSR count). The third kappa shape index (κ3) is 4.48. The Morgan fingerprint density at radius 2 is 1.79 bits per heavy atom. The maximum Gasteiger partial charge on any atom is 0.293 e. The number of nitrogens with one attached hydrogen (secondary N) is 1. The van der Waals surface area contributed by atoms with Gasteiger partial charge >= 0.3 is 0 Å². The Hall–Kier alpha value is -4.64. The van der Waals surface area contributed by atoms with Gasteiger partial charge in [0, 0.05) is 12.1 Å². The van der Waals surface area contributed by atoms with Crippen molar-refractivity contribution in [3.8, 4) is 5.82 Å². The number of nitrogen functional groups attached to an aromatic ring is 1. The van der Waals surface area contributed by atoms with Gasteiger partial charge in [-0.1, -0.05) is 60.7 Å². The van der Waals surface area contributed by atoms with E-state index in [1.54, 1.807) is 6.21 Å². The summed E-state index contributed by atoms with van der Waals surface area (Å²) in [5, 5.41) is 24.4. The van der Waals surface area contributed by atoms with Crippen molar-refractivity contribution in [2.75, 3.05) is 18.8 Å². The molecule has 1 aliphatic rings. The molecule has 1 aliphatic heterocycles. The summed E-state index contributed by atoms with van der Waals surface area (Å²) in [6.07, 6.45) is 3.85. The summed E-state index contributed by atoms with van der Waals surface area (Å²) in [5.41, 5.74) is 10.2. The van der Waals surface area contributed by atoms with Crippen LogP contribution in [-0.4, -0.2) is 55.4 Å². The molecule has 38 heavy (non-hydrogen) atoms. The molecule has 2 aromatic heterocycles. The van der Waals surface area contributed by atoms with E-state index in [-0.39, 0.29) is 17.3 Å². The molecule has 1 fully saturated rings. The smallest absolute Gasteiger partial charge is 0.293 e. The maximum atomic E-state index is 13.3. The second kappa shape index (κ2) is 10.0. The largest absolute Gasteiger partial charge is 0.378 e. The second-order valence-electron chi connectivity index (χ2n) is 9.66. The summed E-state index contributed by atoms with van der Waals surface area (Å²) in [4.78, 5) is 15.6. The van der Waals surface area contributed by atoms with Gasteiger partial charge in [0.1, 0.15) is 0 Å². The van der Waals surface area contributed by atoms with Crippen molar-refractivity contribution in [1.29, 1.82) is 0 Å². The van der Waals surface area contributed by atoms with Crippen LogP contribution in [0.5, 0.6) is 0 Å². The molecule has 0 unspecified atom stereocenters. The molecular formula is C27H27N9O2. The Kier molecular flexibility index (Phi) is 6.26. The molecule has 0 bridgehead atoms. The number of anilines is 1. The van der Waals surface area contributed by atoms with Gasteiger partial charge < -0.3 is 5.73 Å². The lowest BCUT2D eigenvalue weighted by atomic mass is 9.97. The standard InChI is InChI=1S/C27H27N9O2/c1-17-10-12-35(13-11-17)16-23-24(30-34-36(23)26-25(28)32-38-33-26)27(37)31-29-15-22-20-8-4-2-6-18(20)14-19-7-3-5-9-21(19)22/h2-9,14-15,17H,10-13,16H2,1H3,(H2,28,32)(H,31,37)/b29-15-. The number of carbonyl (C=O) groups is 1. The van der Waals surface area contributed by atoms with Crippen LogP contribution in [-0.2, 0) is 6.54 Å². The predicted octanol–water partition coefficient (Wildman–Crippen LogP) is 3.53. The molecule has 0 saturated carbocycles. The van der Waals surface area contributed by atoms with Crippen LogP contribution >= 0.6 is 0 Å². The number of piperidine rings is 1. The van der Waals surface area contributed by atoms with Gasteiger partial charge in [-0.25, -0.2) is 10.1 Å². The third-order valence-corrected chi connectivity index (χ3v) is 7.10. The summed E-state index contributed by atoms with van der Waals surface area (Å²) in [6.45, 7) is 4.52. The van der Waals surface area contributed by atoms with Gasteiger partial charge in [0.2, 0.25) is 11.6 Å². The second-order valence-corrected chi connectivity index (χ2v) is 9.66. The summed E-state index contributed by atoms with van der Waals surface area (Å²) >= 11 is 0. The summed E-state index contributed by atoms with van der Waals surface area (Å²) < 4.78 is 6.18. The number of carbonyl (C=O) groups excluding carboxylic acids is 1. The van der Waals surface area contributed by atoms with E-state index in [1.807, 2.05) is 36.4 Å². The molecule has 3 N–H and O–H groups in total. The number of nitrogens with two attached hydrogens (primary N) is 1. The molecule has 11 heteroatoms. The number of rotatable bonds is 6. The number of amides is 1. The van der Waals surface area contributed by atoms with E-state index in [9.17, 15) is 4.79 Å². The van der Waals surface area contributed by atoms with E-state index in [2.05, 4.69) is 61.2 Å². The average Bonchev–Trinajstić information content (AvgIpc) is 3.55. The molecule has 0 aliphatic carbocycles. The average molecular weight is 510 g/mol. The van der Waals surface area contributed by atoms with E-state index < -0.39 is 5.91 Å². The maximum absolute atomic E-state index is 13.3. The number of hydrogen-bond acceptors (Lipinski definition) is 9. The lowest BCUT2D eigenvalue weighted by Gasteiger charge is -2.30. The van der Waals surface area contributed by atoms with Crippen LogP contribution < -0.4 is 11.2 Å². The number of hydrogen-bond donors (Lipinski definition) is 2. The third-order valence-electron chi connectivity index (χ3n) is 7.10. The lowest BCUT2D eigenvalue weighted by Crippen LogP contribution is -2.34. The molecule has 192 valence electrons. The Labute approximate surface area is 218 Å². The SMILES string of the molecule is CC1CCN(Cc2c(C(=O)N/N=C\c3c4ccccc4cc4ccccc34)nnn2-c2nonc2N)CC1. The minimum Gasteiger partial charge on any atom is -0.378 e. The van der Waals surface area contributed by atoms with Gasteiger partial charge in [0.15, 0.2) is 5.69 Å². The van der Waals surface area contributed by atoms with Gasteiger partial charge in [-0.05, 0) is 69.8 Å². The molecule has 1 saturated heterocycles. The van der Waals surface area contributed by atoms with Crippen molar-refractivity contribution < 1.29 is 9.42 Å².